The van der Waals surface area contributed by atoms with Crippen LogP contribution in [0.2, 0.25) is 0 Å². The Morgan fingerprint density at radius 2 is 2.15 bits per heavy atom. The quantitative estimate of drug-likeness (QED) is 0.830. The minimum Gasteiger partial charge on any atom is -0.369 e. The maximum atomic E-state index is 12.9. The van der Waals surface area contributed by atoms with Gasteiger partial charge in [0.2, 0.25) is 0 Å². The van der Waals surface area contributed by atoms with E-state index in [1.165, 1.54) is 19.1 Å². The van der Waals surface area contributed by atoms with Gasteiger partial charge in [-0.15, -0.1) is 0 Å². The number of hydrogen-bond donors (Lipinski definition) is 2. The second kappa shape index (κ2) is 5.03. The predicted molar refractivity (Wildman–Crippen MR) is 68.4 cm³/mol. The van der Waals surface area contributed by atoms with Crippen molar-refractivity contribution >= 4 is 17.7 Å². The zero-order chi connectivity index (χ0) is 14.9. The number of halogens is 3. The third kappa shape index (κ3) is 2.68. The van der Waals surface area contributed by atoms with Crippen LogP contribution >= 0.6 is 0 Å². The number of carbonyl (C=O) groups excluding carboxylic acids is 1. The molecule has 0 fully saturated rings. The highest BCUT2D eigenvalue weighted by Gasteiger charge is 2.35. The van der Waals surface area contributed by atoms with E-state index in [0.717, 1.165) is 11.0 Å². The van der Waals surface area contributed by atoms with Gasteiger partial charge in [-0.3, -0.25) is 9.89 Å². The zero-order valence-corrected chi connectivity index (χ0v) is 10.7. The van der Waals surface area contributed by atoms with Gasteiger partial charge in [-0.1, -0.05) is 12.1 Å². The van der Waals surface area contributed by atoms with E-state index in [1.807, 2.05) is 0 Å². The van der Waals surface area contributed by atoms with E-state index in [4.69, 9.17) is 5.73 Å². The SMILES string of the molecule is Cc1cccc(C(F)(F)F)c1NC(=O)N1CCN=C1N. The van der Waals surface area contributed by atoms with Crippen LogP contribution in [-0.2, 0) is 6.18 Å². The molecule has 0 saturated carbocycles. The van der Waals surface area contributed by atoms with Crippen LogP contribution in [0, 0.1) is 6.92 Å². The van der Waals surface area contributed by atoms with Gasteiger partial charge in [-0.05, 0) is 18.6 Å². The van der Waals surface area contributed by atoms with Crippen LogP contribution in [0.3, 0.4) is 0 Å². The number of benzene rings is 1. The van der Waals surface area contributed by atoms with Crippen LogP contribution in [0.1, 0.15) is 11.1 Å². The molecule has 0 bridgehead atoms. The lowest BCUT2D eigenvalue weighted by Crippen LogP contribution is -2.42. The summed E-state index contributed by atoms with van der Waals surface area (Å²) in [6.45, 7) is 2.09. The van der Waals surface area contributed by atoms with E-state index in [9.17, 15) is 18.0 Å². The van der Waals surface area contributed by atoms with Crippen molar-refractivity contribution in [3.8, 4) is 0 Å². The van der Waals surface area contributed by atoms with Crippen LogP contribution in [0.15, 0.2) is 23.2 Å². The van der Waals surface area contributed by atoms with Gasteiger partial charge in [0.05, 0.1) is 24.3 Å². The highest BCUT2D eigenvalue weighted by molar-refractivity contribution is 6.03. The maximum absolute atomic E-state index is 12.9. The van der Waals surface area contributed by atoms with E-state index in [1.54, 1.807) is 0 Å². The lowest BCUT2D eigenvalue weighted by Gasteiger charge is -2.20. The monoisotopic (exact) mass is 286 g/mol. The number of alkyl halides is 3. The predicted octanol–water partition coefficient (Wildman–Crippen LogP) is 2.18. The average Bonchev–Trinajstić information content (AvgIpc) is 2.76. The summed E-state index contributed by atoms with van der Waals surface area (Å²) in [7, 11) is 0. The van der Waals surface area contributed by atoms with Gasteiger partial charge in [0, 0.05) is 0 Å². The van der Waals surface area contributed by atoms with Crippen LogP contribution < -0.4 is 11.1 Å². The van der Waals surface area contributed by atoms with Crippen molar-refractivity contribution in [2.24, 2.45) is 10.7 Å². The van der Waals surface area contributed by atoms with Crippen LogP contribution in [0.4, 0.5) is 23.7 Å². The number of hydrogen-bond acceptors (Lipinski definition) is 3. The molecule has 2 rings (SSSR count). The smallest absolute Gasteiger partial charge is 0.369 e. The molecule has 20 heavy (non-hydrogen) atoms. The fourth-order valence-corrected chi connectivity index (χ4v) is 1.91. The number of guanidine groups is 1. The first-order valence-corrected chi connectivity index (χ1v) is 5.86. The Bertz CT molecular complexity index is 568. The highest BCUT2D eigenvalue weighted by Crippen LogP contribution is 2.36. The van der Waals surface area contributed by atoms with Crippen LogP contribution in [0.25, 0.3) is 0 Å². The number of nitrogens with one attached hydrogen (secondary N) is 1. The van der Waals surface area contributed by atoms with E-state index < -0.39 is 17.8 Å². The number of aliphatic imine (C=N–C) groups is 1. The first-order chi connectivity index (χ1) is 9.30. The number of nitrogens with zero attached hydrogens (tertiary/aromatic N) is 2. The van der Waals surface area contributed by atoms with Gasteiger partial charge >= 0.3 is 12.2 Å². The molecule has 8 heteroatoms. The molecule has 1 aromatic carbocycles. The molecule has 0 atom stereocenters. The fourth-order valence-electron chi connectivity index (χ4n) is 1.91. The topological polar surface area (TPSA) is 70.7 Å². The molecule has 0 aromatic heterocycles. The Hall–Kier alpha value is -2.25. The minimum absolute atomic E-state index is 0.00430. The molecular weight excluding hydrogens is 273 g/mol. The number of anilines is 1. The van der Waals surface area contributed by atoms with Gasteiger partial charge in [0.1, 0.15) is 0 Å². The zero-order valence-electron chi connectivity index (χ0n) is 10.7. The summed E-state index contributed by atoms with van der Waals surface area (Å²) in [5.41, 5.74) is 4.66. The summed E-state index contributed by atoms with van der Waals surface area (Å²) in [5, 5.41) is 2.26. The first kappa shape index (κ1) is 14.2. The minimum atomic E-state index is -4.54. The van der Waals surface area contributed by atoms with Gasteiger partial charge < -0.3 is 11.1 Å². The van der Waals surface area contributed by atoms with E-state index in [-0.39, 0.29) is 18.2 Å². The van der Waals surface area contributed by atoms with E-state index in [2.05, 4.69) is 10.3 Å². The number of amides is 2. The molecule has 3 N–H and O–H groups in total. The van der Waals surface area contributed by atoms with Crippen molar-refractivity contribution in [3.05, 3.63) is 29.3 Å². The Morgan fingerprint density at radius 3 is 2.70 bits per heavy atom. The summed E-state index contributed by atoms with van der Waals surface area (Å²) >= 11 is 0. The lowest BCUT2D eigenvalue weighted by molar-refractivity contribution is -0.136. The lowest BCUT2D eigenvalue weighted by atomic mass is 10.1. The second-order valence-corrected chi connectivity index (χ2v) is 4.32. The van der Waals surface area contributed by atoms with Gasteiger partial charge in [-0.2, -0.15) is 13.2 Å². The number of aryl methyl sites for hydroxylation is 1. The number of nitrogens with two attached hydrogens (primary N) is 1. The molecule has 1 aliphatic rings. The standard InChI is InChI=1S/C12H13F3N4O/c1-7-3-2-4-8(12(13,14)15)9(7)18-11(20)19-6-5-17-10(19)16/h2-4H,5-6H2,1H3,(H2,16,17)(H,18,20). The van der Waals surface area contributed by atoms with Gasteiger partial charge in [-0.25, -0.2) is 4.79 Å². The largest absolute Gasteiger partial charge is 0.418 e. The molecule has 2 amide bonds. The number of urea groups is 1. The third-order valence-corrected chi connectivity index (χ3v) is 2.93. The molecule has 1 aromatic rings. The number of rotatable bonds is 1. The third-order valence-electron chi connectivity index (χ3n) is 2.93. The normalized spacial score (nSPS) is 15.2. The maximum Gasteiger partial charge on any atom is 0.418 e. The van der Waals surface area contributed by atoms with Crippen LogP contribution in [-0.4, -0.2) is 30.0 Å². The number of carbonyl (C=O) groups is 1. The molecule has 0 radical (unpaired) electrons. The van der Waals surface area contributed by atoms with Crippen LogP contribution in [0.5, 0.6) is 0 Å². The summed E-state index contributed by atoms with van der Waals surface area (Å²) in [6.07, 6.45) is -4.54. The Balaban J connectivity index is 2.30. The molecule has 1 aliphatic heterocycles. The Labute approximate surface area is 113 Å². The van der Waals surface area contributed by atoms with Crippen molar-refractivity contribution in [2.45, 2.75) is 13.1 Å². The van der Waals surface area contributed by atoms with E-state index in [0.29, 0.717) is 12.1 Å². The summed E-state index contributed by atoms with van der Waals surface area (Å²) in [6, 6.07) is 2.99. The second-order valence-electron chi connectivity index (χ2n) is 4.32. The van der Waals surface area contributed by atoms with Gasteiger partial charge in [0.25, 0.3) is 0 Å². The Kier molecular flexibility index (Phi) is 3.56. The molecule has 5 nitrogen and oxygen atoms in total. The fraction of sp³-hybridized carbons (Fsp3) is 0.333. The average molecular weight is 286 g/mol. The first-order valence-electron chi connectivity index (χ1n) is 5.86. The van der Waals surface area contributed by atoms with Crippen molar-refractivity contribution in [1.82, 2.24) is 4.90 Å². The number of para-hydroxylation sites is 1. The van der Waals surface area contributed by atoms with E-state index >= 15 is 0 Å². The molecule has 0 spiro atoms. The summed E-state index contributed by atoms with van der Waals surface area (Å²) in [4.78, 5) is 16.9. The molecule has 0 unspecified atom stereocenters. The molecule has 1 heterocycles. The molecule has 0 aliphatic carbocycles. The van der Waals surface area contributed by atoms with Gasteiger partial charge in [0.15, 0.2) is 5.96 Å². The summed E-state index contributed by atoms with van der Waals surface area (Å²) in [5.74, 6) is 0.00430. The molecular formula is C12H13F3N4O. The van der Waals surface area contributed by atoms with Crippen molar-refractivity contribution in [1.29, 1.82) is 0 Å². The van der Waals surface area contributed by atoms with Crippen molar-refractivity contribution in [2.75, 3.05) is 18.4 Å². The summed E-state index contributed by atoms with van der Waals surface area (Å²) < 4.78 is 38.8. The Morgan fingerprint density at radius 1 is 1.45 bits per heavy atom. The molecule has 0 saturated heterocycles. The highest BCUT2D eigenvalue weighted by atomic mass is 19.4. The van der Waals surface area contributed by atoms with Crippen molar-refractivity contribution in [3.63, 3.8) is 0 Å². The molecule has 108 valence electrons. The van der Waals surface area contributed by atoms with Crippen molar-refractivity contribution < 1.29 is 18.0 Å².